The van der Waals surface area contributed by atoms with E-state index in [0.717, 1.165) is 43.5 Å². The maximum Gasteiger partial charge on any atom is 0.145 e. The molecule has 1 aromatic rings. The Kier molecular flexibility index (Phi) is 3.83. The van der Waals surface area contributed by atoms with Crippen LogP contribution in [0, 0.1) is 16.7 Å². The lowest BCUT2D eigenvalue weighted by atomic mass is 9.78. The normalized spacial score (nSPS) is 14.1. The number of aryl methyl sites for hydroxylation is 1. The molecular formula is C14H16BN3. The lowest BCUT2D eigenvalue weighted by Crippen LogP contribution is -2.12. The molecule has 0 unspecified atom stereocenters. The van der Waals surface area contributed by atoms with Gasteiger partial charge in [0.1, 0.15) is 7.28 Å². The fourth-order valence-electron chi connectivity index (χ4n) is 2.32. The van der Waals surface area contributed by atoms with Crippen LogP contribution in [-0.2, 0) is 6.42 Å². The third kappa shape index (κ3) is 2.30. The third-order valence-electron chi connectivity index (χ3n) is 3.19. The van der Waals surface area contributed by atoms with Gasteiger partial charge in [0.15, 0.2) is 0 Å². The second-order valence-corrected chi connectivity index (χ2v) is 4.41. The number of hydrogen-bond acceptors (Lipinski definition) is 3. The number of allylic oxidation sites excluding steroid dienone is 1. The Labute approximate surface area is 108 Å². The maximum absolute atomic E-state index is 9.25. The summed E-state index contributed by atoms with van der Waals surface area (Å²) in [4.78, 5) is 0. The number of nitriles is 1. The average molecular weight is 237 g/mol. The fourth-order valence-corrected chi connectivity index (χ4v) is 2.32. The first kappa shape index (κ1) is 12.4. The highest BCUT2D eigenvalue weighted by atomic mass is 14.9. The molecule has 2 rings (SSSR count). The zero-order valence-electron chi connectivity index (χ0n) is 10.6. The van der Waals surface area contributed by atoms with Gasteiger partial charge in [0, 0.05) is 24.0 Å². The van der Waals surface area contributed by atoms with Gasteiger partial charge in [-0.25, -0.2) is 0 Å². The van der Waals surface area contributed by atoms with Crippen molar-refractivity contribution in [1.82, 2.24) is 0 Å². The molecule has 0 atom stereocenters. The van der Waals surface area contributed by atoms with Crippen molar-refractivity contribution in [2.75, 3.05) is 11.9 Å². The zero-order valence-corrected chi connectivity index (χ0v) is 10.6. The summed E-state index contributed by atoms with van der Waals surface area (Å²) in [5, 5.41) is 20.1. The highest BCUT2D eigenvalue weighted by Crippen LogP contribution is 2.28. The summed E-state index contributed by atoms with van der Waals surface area (Å²) in [5.74, 6) is 1.99. The van der Waals surface area contributed by atoms with E-state index in [9.17, 15) is 5.26 Å². The van der Waals surface area contributed by atoms with Crippen LogP contribution in [0.4, 0.5) is 5.69 Å². The molecule has 0 fully saturated rings. The fraction of sp³-hybridized carbons (Fsp3) is 0.286. The van der Waals surface area contributed by atoms with E-state index in [1.165, 1.54) is 11.8 Å². The van der Waals surface area contributed by atoms with Crippen LogP contribution in [-0.4, -0.2) is 20.0 Å². The number of benzene rings is 1. The molecule has 18 heavy (non-hydrogen) atoms. The number of anilines is 1. The Morgan fingerprint density at radius 3 is 3.06 bits per heavy atom. The molecule has 90 valence electrons. The highest BCUT2D eigenvalue weighted by molar-refractivity contribution is 6.44. The van der Waals surface area contributed by atoms with E-state index in [0.29, 0.717) is 5.56 Å². The van der Waals surface area contributed by atoms with Gasteiger partial charge >= 0.3 is 0 Å². The highest BCUT2D eigenvalue weighted by Gasteiger charge is 2.14. The van der Waals surface area contributed by atoms with E-state index < -0.39 is 0 Å². The molecule has 0 bridgehead atoms. The first-order chi connectivity index (χ1) is 8.80. The average Bonchev–Trinajstić information content (AvgIpc) is 2.43. The quantitative estimate of drug-likeness (QED) is 0.626. The molecule has 1 aromatic carbocycles. The summed E-state index contributed by atoms with van der Waals surface area (Å²) in [6.45, 7) is 3.01. The van der Waals surface area contributed by atoms with Crippen LogP contribution < -0.4 is 5.32 Å². The van der Waals surface area contributed by atoms with Gasteiger partial charge in [0.2, 0.25) is 0 Å². The number of hydrogen-bond donors (Lipinski definition) is 2. The molecule has 3 nitrogen and oxygen atoms in total. The first-order valence-corrected chi connectivity index (χ1v) is 6.32. The van der Waals surface area contributed by atoms with Crippen molar-refractivity contribution in [1.29, 1.82) is 10.7 Å². The zero-order chi connectivity index (χ0) is 13.0. The molecular weight excluding hydrogens is 221 g/mol. The smallest absolute Gasteiger partial charge is 0.145 e. The van der Waals surface area contributed by atoms with Gasteiger partial charge in [-0.05, 0) is 36.1 Å². The molecule has 1 aliphatic rings. The van der Waals surface area contributed by atoms with Crippen molar-refractivity contribution in [3.63, 3.8) is 0 Å². The van der Waals surface area contributed by atoms with Crippen molar-refractivity contribution < 1.29 is 0 Å². The van der Waals surface area contributed by atoms with Crippen molar-refractivity contribution in [3.05, 3.63) is 34.8 Å². The van der Waals surface area contributed by atoms with Gasteiger partial charge in [-0.3, -0.25) is 0 Å². The van der Waals surface area contributed by atoms with Crippen molar-refractivity contribution in [3.8, 4) is 6.07 Å². The molecule has 0 aliphatic carbocycles. The SMILES string of the molecule is CB/C=C(\C=N)c1cc2c(cc1C#N)NCCC2. The Hall–Kier alpha value is -2.02. The van der Waals surface area contributed by atoms with Crippen molar-refractivity contribution >= 4 is 24.8 Å². The predicted molar refractivity (Wildman–Crippen MR) is 77.7 cm³/mol. The molecule has 4 heteroatoms. The Balaban J connectivity index is 2.56. The lowest BCUT2D eigenvalue weighted by molar-refractivity contribution is 0.829. The molecule has 0 saturated carbocycles. The van der Waals surface area contributed by atoms with E-state index in [1.807, 2.05) is 18.9 Å². The summed E-state index contributed by atoms with van der Waals surface area (Å²) < 4.78 is 0. The monoisotopic (exact) mass is 237 g/mol. The third-order valence-corrected chi connectivity index (χ3v) is 3.19. The number of rotatable bonds is 3. The van der Waals surface area contributed by atoms with E-state index in [4.69, 9.17) is 5.41 Å². The largest absolute Gasteiger partial charge is 0.385 e. The summed E-state index contributed by atoms with van der Waals surface area (Å²) in [5.41, 5.74) is 4.69. The second kappa shape index (κ2) is 5.55. The minimum atomic E-state index is 0.645. The van der Waals surface area contributed by atoms with E-state index in [1.54, 1.807) is 0 Å². The first-order valence-electron chi connectivity index (χ1n) is 6.32. The van der Waals surface area contributed by atoms with Gasteiger partial charge in [0.05, 0.1) is 11.6 Å². The van der Waals surface area contributed by atoms with Crippen LogP contribution in [0.5, 0.6) is 0 Å². The van der Waals surface area contributed by atoms with Gasteiger partial charge < -0.3 is 10.7 Å². The van der Waals surface area contributed by atoms with Crippen LogP contribution in [0.15, 0.2) is 18.1 Å². The Morgan fingerprint density at radius 2 is 2.39 bits per heavy atom. The standard InChI is InChI=1S/C14H16BN3/c1-15-7-12(9-17)13-5-10-3-2-4-18-14(10)6-11(13)8-16/h5-7,9,15,17-18H,2-4H2,1H3/b12-7+,17-9?. The number of nitrogens with zero attached hydrogens (tertiary/aromatic N) is 1. The molecule has 2 N–H and O–H groups in total. The molecule has 1 aliphatic heterocycles. The summed E-state index contributed by atoms with van der Waals surface area (Å²) in [6, 6.07) is 6.21. The van der Waals surface area contributed by atoms with E-state index >= 15 is 0 Å². The van der Waals surface area contributed by atoms with Gasteiger partial charge in [-0.2, -0.15) is 5.26 Å². The van der Waals surface area contributed by atoms with E-state index in [-0.39, 0.29) is 0 Å². The molecule has 0 radical (unpaired) electrons. The summed E-state index contributed by atoms with van der Waals surface area (Å²) in [6.07, 6.45) is 3.50. The maximum atomic E-state index is 9.25. The van der Waals surface area contributed by atoms with Gasteiger partial charge in [0.25, 0.3) is 0 Å². The lowest BCUT2D eigenvalue weighted by Gasteiger charge is -2.20. The Bertz CT molecular complexity index is 541. The summed E-state index contributed by atoms with van der Waals surface area (Å²) in [7, 11) is 0.866. The van der Waals surface area contributed by atoms with Crippen LogP contribution in [0.1, 0.15) is 23.1 Å². The van der Waals surface area contributed by atoms with Gasteiger partial charge in [-0.15, -0.1) is 5.98 Å². The van der Waals surface area contributed by atoms with Crippen molar-refractivity contribution in [2.24, 2.45) is 0 Å². The molecule has 0 amide bonds. The van der Waals surface area contributed by atoms with Crippen LogP contribution in [0.3, 0.4) is 0 Å². The minimum absolute atomic E-state index is 0.645. The summed E-state index contributed by atoms with van der Waals surface area (Å²) >= 11 is 0. The predicted octanol–water partition coefficient (Wildman–Crippen LogP) is 2.39. The van der Waals surface area contributed by atoms with Crippen LogP contribution in [0.25, 0.3) is 5.57 Å². The van der Waals surface area contributed by atoms with Crippen LogP contribution in [0.2, 0.25) is 6.82 Å². The molecule has 0 spiro atoms. The van der Waals surface area contributed by atoms with Crippen LogP contribution >= 0.6 is 0 Å². The molecule has 0 aromatic heterocycles. The topological polar surface area (TPSA) is 59.7 Å². The molecule has 1 heterocycles. The van der Waals surface area contributed by atoms with Gasteiger partial charge in [-0.1, -0.05) is 6.82 Å². The van der Waals surface area contributed by atoms with Crippen molar-refractivity contribution in [2.45, 2.75) is 19.7 Å². The Morgan fingerprint density at radius 1 is 1.56 bits per heavy atom. The van der Waals surface area contributed by atoms with E-state index in [2.05, 4.69) is 17.5 Å². The minimum Gasteiger partial charge on any atom is -0.385 e. The number of fused-ring (bicyclic) bond motifs is 1. The second-order valence-electron chi connectivity index (χ2n) is 4.41. The molecule has 0 saturated heterocycles. The number of nitrogens with one attached hydrogen (secondary N) is 2.